The Labute approximate surface area is 158 Å². The minimum atomic E-state index is -0.116. The molecule has 0 unspecified atom stereocenters. The first-order valence-corrected chi connectivity index (χ1v) is 8.86. The molecule has 0 bridgehead atoms. The third-order valence-corrected chi connectivity index (χ3v) is 4.83. The number of ether oxygens (including phenoxy) is 1. The lowest BCUT2D eigenvalue weighted by Gasteiger charge is -2.29. The van der Waals surface area contributed by atoms with Crippen molar-refractivity contribution >= 4 is 17.4 Å². The second kappa shape index (κ2) is 7.08. The van der Waals surface area contributed by atoms with Crippen LogP contribution in [0.25, 0.3) is 11.1 Å². The number of Topliss-reactive ketones (excluding diaryl/α,β-unsaturated/α-hetero) is 1. The summed E-state index contributed by atoms with van der Waals surface area (Å²) in [6, 6.07) is 22.6. The molecule has 1 aliphatic rings. The van der Waals surface area contributed by atoms with Crippen LogP contribution in [0, 0.1) is 0 Å². The van der Waals surface area contributed by atoms with E-state index in [0.29, 0.717) is 35.5 Å². The molecule has 0 radical (unpaired) electrons. The predicted molar refractivity (Wildman–Crippen MR) is 105 cm³/mol. The van der Waals surface area contributed by atoms with Gasteiger partial charge in [0.2, 0.25) is 0 Å². The van der Waals surface area contributed by atoms with Crippen LogP contribution in [0.4, 0.5) is 5.69 Å². The number of methoxy groups -OCH3 is 1. The number of nitrogens with zero attached hydrogens (tertiary/aromatic N) is 1. The van der Waals surface area contributed by atoms with Crippen LogP contribution in [0.1, 0.15) is 27.1 Å². The third-order valence-electron chi connectivity index (χ3n) is 4.83. The number of amides is 1. The van der Waals surface area contributed by atoms with Crippen molar-refractivity contribution in [2.75, 3.05) is 18.6 Å². The summed E-state index contributed by atoms with van der Waals surface area (Å²) in [6.07, 6.45) is 0.338. The van der Waals surface area contributed by atoms with Crippen molar-refractivity contribution in [3.8, 4) is 16.9 Å². The molecular weight excluding hydrogens is 338 g/mol. The number of hydrogen-bond donors (Lipinski definition) is 0. The van der Waals surface area contributed by atoms with E-state index in [2.05, 4.69) is 0 Å². The van der Waals surface area contributed by atoms with E-state index in [0.717, 1.165) is 11.1 Å². The average molecular weight is 357 g/mol. The molecular formula is C23H19NO3. The fraction of sp³-hybridized carbons (Fsp3) is 0.130. The lowest BCUT2D eigenvalue weighted by atomic mass is 9.98. The Kier molecular flexibility index (Phi) is 4.47. The molecule has 1 heterocycles. The van der Waals surface area contributed by atoms with Gasteiger partial charge in [0.05, 0.1) is 12.8 Å². The van der Waals surface area contributed by atoms with Gasteiger partial charge in [-0.15, -0.1) is 0 Å². The topological polar surface area (TPSA) is 46.6 Å². The van der Waals surface area contributed by atoms with Gasteiger partial charge in [-0.05, 0) is 35.9 Å². The third kappa shape index (κ3) is 3.10. The van der Waals surface area contributed by atoms with Crippen molar-refractivity contribution in [3.05, 3.63) is 83.9 Å². The van der Waals surface area contributed by atoms with Crippen LogP contribution < -0.4 is 9.64 Å². The Hall–Kier alpha value is -3.40. The second-order valence-electron chi connectivity index (χ2n) is 6.43. The van der Waals surface area contributed by atoms with Gasteiger partial charge in [-0.1, -0.05) is 42.5 Å². The first-order valence-electron chi connectivity index (χ1n) is 8.86. The first-order chi connectivity index (χ1) is 13.2. The van der Waals surface area contributed by atoms with Crippen molar-refractivity contribution in [1.82, 2.24) is 0 Å². The highest BCUT2D eigenvalue weighted by atomic mass is 16.5. The van der Waals surface area contributed by atoms with Crippen LogP contribution in [0.2, 0.25) is 0 Å². The van der Waals surface area contributed by atoms with E-state index in [-0.39, 0.29) is 11.7 Å². The van der Waals surface area contributed by atoms with E-state index < -0.39 is 0 Å². The fourth-order valence-electron chi connectivity index (χ4n) is 3.46. The normalized spacial score (nSPS) is 13.2. The summed E-state index contributed by atoms with van der Waals surface area (Å²) in [5.74, 6) is 0.677. The average Bonchev–Trinajstić information content (AvgIpc) is 2.74. The van der Waals surface area contributed by atoms with Crippen LogP contribution in [-0.2, 0) is 0 Å². The Bertz CT molecular complexity index is 1010. The number of anilines is 1. The van der Waals surface area contributed by atoms with E-state index in [1.54, 1.807) is 24.1 Å². The second-order valence-corrected chi connectivity index (χ2v) is 6.43. The molecule has 0 saturated heterocycles. The van der Waals surface area contributed by atoms with Crippen molar-refractivity contribution in [1.29, 1.82) is 0 Å². The van der Waals surface area contributed by atoms with E-state index >= 15 is 0 Å². The Morgan fingerprint density at radius 2 is 1.67 bits per heavy atom. The van der Waals surface area contributed by atoms with Gasteiger partial charge < -0.3 is 9.64 Å². The minimum Gasteiger partial charge on any atom is -0.496 e. The van der Waals surface area contributed by atoms with E-state index in [1.807, 2.05) is 60.7 Å². The molecule has 4 nitrogen and oxygen atoms in total. The summed E-state index contributed by atoms with van der Waals surface area (Å²) in [4.78, 5) is 27.1. The maximum absolute atomic E-state index is 13.2. The van der Waals surface area contributed by atoms with E-state index in [9.17, 15) is 9.59 Å². The number of carbonyl (C=O) groups excluding carboxylic acids is 2. The zero-order valence-corrected chi connectivity index (χ0v) is 15.0. The summed E-state index contributed by atoms with van der Waals surface area (Å²) in [5, 5.41) is 0. The van der Waals surface area contributed by atoms with Crippen LogP contribution >= 0.6 is 0 Å². The van der Waals surface area contributed by atoms with Gasteiger partial charge >= 0.3 is 0 Å². The number of benzene rings is 3. The Balaban J connectivity index is 1.75. The number of fused-ring (bicyclic) bond motifs is 1. The molecule has 1 amide bonds. The molecule has 134 valence electrons. The Morgan fingerprint density at radius 3 is 2.44 bits per heavy atom. The smallest absolute Gasteiger partial charge is 0.258 e. The summed E-state index contributed by atoms with van der Waals surface area (Å²) in [7, 11) is 1.62. The molecule has 3 aromatic carbocycles. The van der Waals surface area contributed by atoms with Crippen molar-refractivity contribution < 1.29 is 14.3 Å². The molecule has 0 spiro atoms. The van der Waals surface area contributed by atoms with Gasteiger partial charge in [0.25, 0.3) is 5.91 Å². The molecule has 0 fully saturated rings. The maximum atomic E-state index is 13.2. The van der Waals surface area contributed by atoms with Crippen molar-refractivity contribution in [2.24, 2.45) is 0 Å². The standard InChI is InChI=1S/C23H19NO3/c1-27-22-12-11-17(15-19(22)16-7-3-2-4-8-16)23(26)24-14-13-21(25)18-9-5-6-10-20(18)24/h2-12,15H,13-14H2,1H3. The highest BCUT2D eigenvalue weighted by Gasteiger charge is 2.28. The molecule has 0 saturated carbocycles. The van der Waals surface area contributed by atoms with Crippen LogP contribution in [-0.4, -0.2) is 25.3 Å². The summed E-state index contributed by atoms with van der Waals surface area (Å²) in [5.41, 5.74) is 3.70. The number of carbonyl (C=O) groups is 2. The molecule has 0 N–H and O–H groups in total. The van der Waals surface area contributed by atoms with Gasteiger partial charge in [-0.3, -0.25) is 9.59 Å². The largest absolute Gasteiger partial charge is 0.496 e. The predicted octanol–water partition coefficient (Wildman–Crippen LogP) is 4.60. The molecule has 27 heavy (non-hydrogen) atoms. The summed E-state index contributed by atoms with van der Waals surface area (Å²) < 4.78 is 5.48. The number of ketones is 1. The quantitative estimate of drug-likeness (QED) is 0.688. The molecule has 4 heteroatoms. The lowest BCUT2D eigenvalue weighted by molar-refractivity contribution is 0.0955. The SMILES string of the molecule is COc1ccc(C(=O)N2CCC(=O)c3ccccc32)cc1-c1ccccc1. The van der Waals surface area contributed by atoms with Gasteiger partial charge in [0, 0.05) is 29.7 Å². The first kappa shape index (κ1) is 17.0. The summed E-state index contributed by atoms with van der Waals surface area (Å²) in [6.45, 7) is 0.390. The van der Waals surface area contributed by atoms with E-state index in [4.69, 9.17) is 4.74 Å². The zero-order valence-electron chi connectivity index (χ0n) is 15.0. The summed E-state index contributed by atoms with van der Waals surface area (Å²) >= 11 is 0. The number of para-hydroxylation sites is 1. The molecule has 1 aliphatic heterocycles. The van der Waals surface area contributed by atoms with Gasteiger partial charge in [-0.2, -0.15) is 0 Å². The monoisotopic (exact) mass is 357 g/mol. The highest BCUT2D eigenvalue weighted by Crippen LogP contribution is 2.33. The highest BCUT2D eigenvalue weighted by molar-refractivity contribution is 6.13. The Morgan fingerprint density at radius 1 is 0.926 bits per heavy atom. The molecule has 3 aromatic rings. The fourth-order valence-corrected chi connectivity index (χ4v) is 3.46. The molecule has 4 rings (SSSR count). The number of hydrogen-bond acceptors (Lipinski definition) is 3. The molecule has 0 atom stereocenters. The number of rotatable bonds is 3. The zero-order chi connectivity index (χ0) is 18.8. The van der Waals surface area contributed by atoms with Crippen molar-refractivity contribution in [3.63, 3.8) is 0 Å². The van der Waals surface area contributed by atoms with Gasteiger partial charge in [-0.25, -0.2) is 0 Å². The van der Waals surface area contributed by atoms with Gasteiger partial charge in [0.15, 0.2) is 5.78 Å². The lowest BCUT2D eigenvalue weighted by Crippen LogP contribution is -2.37. The maximum Gasteiger partial charge on any atom is 0.258 e. The van der Waals surface area contributed by atoms with E-state index in [1.165, 1.54) is 0 Å². The minimum absolute atomic E-state index is 0.0781. The van der Waals surface area contributed by atoms with Crippen LogP contribution in [0.3, 0.4) is 0 Å². The van der Waals surface area contributed by atoms with Crippen molar-refractivity contribution in [2.45, 2.75) is 6.42 Å². The molecule has 0 aliphatic carbocycles. The van der Waals surface area contributed by atoms with Crippen LogP contribution in [0.5, 0.6) is 5.75 Å². The van der Waals surface area contributed by atoms with Crippen LogP contribution in [0.15, 0.2) is 72.8 Å². The molecule has 0 aromatic heterocycles. The van der Waals surface area contributed by atoms with Gasteiger partial charge in [0.1, 0.15) is 5.75 Å².